The second-order valence-corrected chi connectivity index (χ2v) is 9.23. The first-order chi connectivity index (χ1) is 16.6. The molecule has 10 heteroatoms. The quantitative estimate of drug-likeness (QED) is 0.314. The number of hydrogen-bond donors (Lipinski definition) is 4. The molecular formula is C25H26ClF3N4O2. The van der Waals surface area contributed by atoms with Crippen LogP contribution < -0.4 is 16.0 Å². The van der Waals surface area contributed by atoms with E-state index in [0.29, 0.717) is 33.8 Å². The summed E-state index contributed by atoms with van der Waals surface area (Å²) >= 11 is 6.10. The van der Waals surface area contributed by atoms with Crippen LogP contribution in [0.3, 0.4) is 0 Å². The molecule has 4 N–H and O–H groups in total. The summed E-state index contributed by atoms with van der Waals surface area (Å²) in [5.41, 5.74) is 0.777. The van der Waals surface area contributed by atoms with E-state index in [2.05, 4.69) is 20.9 Å². The number of pyridine rings is 1. The molecule has 4 rings (SSSR count). The fraction of sp³-hybridized carbons (Fsp3) is 0.360. The van der Waals surface area contributed by atoms with Gasteiger partial charge in [0, 0.05) is 40.8 Å². The van der Waals surface area contributed by atoms with E-state index in [4.69, 9.17) is 11.6 Å². The Hall–Kier alpha value is -2.88. The maximum Gasteiger partial charge on any atom is 0.433 e. The van der Waals surface area contributed by atoms with Gasteiger partial charge >= 0.3 is 6.18 Å². The average Bonchev–Trinajstić information content (AvgIpc) is 2.78. The molecule has 3 atom stereocenters. The van der Waals surface area contributed by atoms with Crippen LogP contribution in [-0.2, 0) is 11.0 Å². The Labute approximate surface area is 205 Å². The minimum atomic E-state index is -4.57. The largest absolute Gasteiger partial charge is 0.433 e. The third-order valence-electron chi connectivity index (χ3n) is 6.01. The van der Waals surface area contributed by atoms with Gasteiger partial charge in [0.05, 0.1) is 5.52 Å². The van der Waals surface area contributed by atoms with Gasteiger partial charge in [0.15, 0.2) is 0 Å². The SMILES string of the molecule is CC(=O)Nc1cccc(C(O)N[C@@H]2CCC[C@H](Nc3cc(C(F)(F)F)nc4ccc(Cl)cc34)C2)c1. The highest BCUT2D eigenvalue weighted by Crippen LogP contribution is 2.35. The lowest BCUT2D eigenvalue weighted by Gasteiger charge is -2.33. The zero-order valence-corrected chi connectivity index (χ0v) is 19.7. The van der Waals surface area contributed by atoms with Gasteiger partial charge < -0.3 is 15.7 Å². The number of alkyl halides is 3. The van der Waals surface area contributed by atoms with E-state index in [-0.39, 0.29) is 23.5 Å². The Balaban J connectivity index is 1.49. The van der Waals surface area contributed by atoms with Crippen molar-refractivity contribution in [1.29, 1.82) is 0 Å². The Morgan fingerprint density at radius 1 is 1.14 bits per heavy atom. The van der Waals surface area contributed by atoms with Gasteiger partial charge in [-0.05, 0) is 67.6 Å². The summed E-state index contributed by atoms with van der Waals surface area (Å²) in [4.78, 5) is 15.1. The molecule has 1 saturated carbocycles. The van der Waals surface area contributed by atoms with Crippen LogP contribution in [0.1, 0.15) is 50.1 Å². The summed E-state index contributed by atoms with van der Waals surface area (Å²) in [7, 11) is 0. The number of carbonyl (C=O) groups is 1. The molecule has 35 heavy (non-hydrogen) atoms. The molecule has 0 saturated heterocycles. The van der Waals surface area contributed by atoms with E-state index in [1.165, 1.54) is 19.1 Å². The highest BCUT2D eigenvalue weighted by atomic mass is 35.5. The van der Waals surface area contributed by atoms with Gasteiger partial charge in [-0.15, -0.1) is 0 Å². The van der Waals surface area contributed by atoms with Crippen molar-refractivity contribution < 1.29 is 23.1 Å². The zero-order chi connectivity index (χ0) is 25.2. The summed E-state index contributed by atoms with van der Waals surface area (Å²) in [5, 5.41) is 20.8. The molecule has 6 nitrogen and oxygen atoms in total. The first-order valence-corrected chi connectivity index (χ1v) is 11.7. The predicted molar refractivity (Wildman–Crippen MR) is 130 cm³/mol. The molecule has 0 radical (unpaired) electrons. The van der Waals surface area contributed by atoms with E-state index in [1.54, 1.807) is 30.3 Å². The molecule has 1 aliphatic rings. The van der Waals surface area contributed by atoms with E-state index >= 15 is 0 Å². The van der Waals surface area contributed by atoms with Crippen LogP contribution in [0.4, 0.5) is 24.5 Å². The van der Waals surface area contributed by atoms with E-state index < -0.39 is 18.1 Å². The number of nitrogens with one attached hydrogen (secondary N) is 3. The molecule has 0 aliphatic heterocycles. The second-order valence-electron chi connectivity index (χ2n) is 8.79. The number of rotatable bonds is 6. The molecule has 1 aromatic heterocycles. The number of carbonyl (C=O) groups excluding carboxylic acids is 1. The third kappa shape index (κ3) is 6.42. The normalized spacial score (nSPS) is 19.4. The van der Waals surface area contributed by atoms with Gasteiger partial charge in [0.25, 0.3) is 0 Å². The molecule has 1 aliphatic carbocycles. The van der Waals surface area contributed by atoms with Crippen LogP contribution in [0.15, 0.2) is 48.5 Å². The lowest BCUT2D eigenvalue weighted by atomic mass is 9.90. The monoisotopic (exact) mass is 506 g/mol. The van der Waals surface area contributed by atoms with E-state index in [9.17, 15) is 23.1 Å². The Morgan fingerprint density at radius 3 is 2.66 bits per heavy atom. The molecule has 186 valence electrons. The lowest BCUT2D eigenvalue weighted by molar-refractivity contribution is -0.140. The van der Waals surface area contributed by atoms with Crippen molar-refractivity contribution in [3.05, 3.63) is 64.8 Å². The molecule has 1 heterocycles. The maximum atomic E-state index is 13.4. The Morgan fingerprint density at radius 2 is 1.91 bits per heavy atom. The first kappa shape index (κ1) is 25.2. The van der Waals surface area contributed by atoms with E-state index in [0.717, 1.165) is 25.3 Å². The highest BCUT2D eigenvalue weighted by Gasteiger charge is 2.34. The topological polar surface area (TPSA) is 86.3 Å². The van der Waals surface area contributed by atoms with Crippen LogP contribution in [-0.4, -0.2) is 28.1 Å². The minimum absolute atomic E-state index is 0.0561. The Bertz CT molecular complexity index is 1220. The van der Waals surface area contributed by atoms with Crippen molar-refractivity contribution in [2.24, 2.45) is 0 Å². The standard InChI is InChI=1S/C25H26ClF3N4O2/c1-14(34)30-17-5-2-4-15(10-17)24(35)32-19-7-3-6-18(12-19)31-22-13-23(25(27,28)29)33-21-9-8-16(26)11-20(21)22/h2,4-5,8-11,13,18-19,24,32,35H,3,6-7,12H2,1H3,(H,30,34)(H,31,33)/t18-,19+,24?/m0/s1. The molecule has 0 bridgehead atoms. The van der Waals surface area contributed by atoms with Crippen LogP contribution in [0.5, 0.6) is 0 Å². The fourth-order valence-corrected chi connectivity index (χ4v) is 4.64. The first-order valence-electron chi connectivity index (χ1n) is 11.3. The smallest absolute Gasteiger partial charge is 0.382 e. The zero-order valence-electron chi connectivity index (χ0n) is 19.0. The predicted octanol–water partition coefficient (Wildman–Crippen LogP) is 5.87. The fourth-order valence-electron chi connectivity index (χ4n) is 4.46. The number of halogens is 4. The van der Waals surface area contributed by atoms with Gasteiger partial charge in [-0.3, -0.25) is 10.1 Å². The van der Waals surface area contributed by atoms with Gasteiger partial charge in [-0.1, -0.05) is 23.7 Å². The lowest BCUT2D eigenvalue weighted by Crippen LogP contribution is -2.40. The third-order valence-corrected chi connectivity index (χ3v) is 6.25. The molecular weight excluding hydrogens is 481 g/mol. The number of anilines is 2. The van der Waals surface area contributed by atoms with Gasteiger partial charge in [-0.25, -0.2) is 4.98 Å². The van der Waals surface area contributed by atoms with Crippen molar-refractivity contribution in [1.82, 2.24) is 10.3 Å². The average molecular weight is 507 g/mol. The van der Waals surface area contributed by atoms with Crippen molar-refractivity contribution >= 4 is 39.8 Å². The summed E-state index contributed by atoms with van der Waals surface area (Å²) in [6.45, 7) is 1.41. The second kappa shape index (κ2) is 10.4. The Kier molecular flexibility index (Phi) is 7.49. The number of amides is 1. The number of aromatic nitrogens is 1. The van der Waals surface area contributed by atoms with Crippen molar-refractivity contribution in [3.63, 3.8) is 0 Å². The summed E-state index contributed by atoms with van der Waals surface area (Å²) < 4.78 is 40.3. The van der Waals surface area contributed by atoms with Crippen LogP contribution in [0.25, 0.3) is 10.9 Å². The van der Waals surface area contributed by atoms with Gasteiger partial charge in [-0.2, -0.15) is 13.2 Å². The van der Waals surface area contributed by atoms with Crippen molar-refractivity contribution in [2.75, 3.05) is 10.6 Å². The maximum absolute atomic E-state index is 13.4. The van der Waals surface area contributed by atoms with Gasteiger partial charge in [0.1, 0.15) is 11.9 Å². The number of aliphatic hydroxyl groups is 1. The molecule has 1 fully saturated rings. The van der Waals surface area contributed by atoms with Crippen LogP contribution in [0, 0.1) is 0 Å². The molecule has 0 spiro atoms. The van der Waals surface area contributed by atoms with E-state index in [1.807, 2.05) is 0 Å². The number of fused-ring (bicyclic) bond motifs is 1. The number of benzene rings is 2. The molecule has 2 aromatic carbocycles. The molecule has 3 aromatic rings. The number of nitrogens with zero attached hydrogens (tertiary/aromatic N) is 1. The number of hydrogen-bond acceptors (Lipinski definition) is 5. The summed E-state index contributed by atoms with van der Waals surface area (Å²) in [6, 6.07) is 12.4. The van der Waals surface area contributed by atoms with Crippen molar-refractivity contribution in [2.45, 2.75) is 57.1 Å². The van der Waals surface area contributed by atoms with Crippen molar-refractivity contribution in [3.8, 4) is 0 Å². The number of aliphatic hydroxyl groups excluding tert-OH is 1. The highest BCUT2D eigenvalue weighted by molar-refractivity contribution is 6.31. The minimum Gasteiger partial charge on any atom is -0.382 e. The molecule has 1 amide bonds. The van der Waals surface area contributed by atoms with Gasteiger partial charge in [0.2, 0.25) is 5.91 Å². The summed E-state index contributed by atoms with van der Waals surface area (Å²) in [5.74, 6) is -0.204. The van der Waals surface area contributed by atoms with Crippen LogP contribution >= 0.6 is 11.6 Å². The summed E-state index contributed by atoms with van der Waals surface area (Å²) in [6.07, 6.45) is -2.49. The van der Waals surface area contributed by atoms with Crippen LogP contribution in [0.2, 0.25) is 5.02 Å². The molecule has 1 unspecified atom stereocenters.